The van der Waals surface area contributed by atoms with E-state index in [2.05, 4.69) is 27.7 Å². The molecule has 90 valence electrons. The molecule has 15 heavy (non-hydrogen) atoms. The van der Waals surface area contributed by atoms with Gasteiger partial charge in [-0.2, -0.15) is 0 Å². The van der Waals surface area contributed by atoms with E-state index in [1.807, 2.05) is 0 Å². The fourth-order valence-corrected chi connectivity index (χ4v) is 1.98. The summed E-state index contributed by atoms with van der Waals surface area (Å²) in [5.41, 5.74) is 0.408. The molecule has 0 fully saturated rings. The van der Waals surface area contributed by atoms with Crippen LogP contribution >= 0.6 is 0 Å². The van der Waals surface area contributed by atoms with Crippen LogP contribution in [-0.4, -0.2) is 12.6 Å². The minimum Gasteiger partial charge on any atom is -0.466 e. The zero-order valence-electron chi connectivity index (χ0n) is 10.9. The summed E-state index contributed by atoms with van der Waals surface area (Å²) >= 11 is 0. The molecule has 0 aromatic heterocycles. The molecule has 0 saturated carbocycles. The molecule has 0 radical (unpaired) electrons. The molecule has 0 aromatic rings. The Bertz CT molecular complexity index is 185. The molecule has 2 nitrogen and oxygen atoms in total. The Morgan fingerprint density at radius 2 is 1.93 bits per heavy atom. The van der Waals surface area contributed by atoms with Gasteiger partial charge in [0.25, 0.3) is 0 Å². The lowest BCUT2D eigenvalue weighted by Gasteiger charge is -2.33. The van der Waals surface area contributed by atoms with Crippen molar-refractivity contribution in [3.05, 3.63) is 0 Å². The number of carbonyl (C=O) groups excluding carboxylic acids is 1. The van der Waals surface area contributed by atoms with Crippen molar-refractivity contribution >= 4 is 5.97 Å². The van der Waals surface area contributed by atoms with E-state index < -0.39 is 0 Å². The first-order chi connectivity index (χ1) is 6.94. The van der Waals surface area contributed by atoms with Crippen molar-refractivity contribution in [1.29, 1.82) is 0 Å². The highest BCUT2D eigenvalue weighted by atomic mass is 16.5. The van der Waals surface area contributed by atoms with Crippen molar-refractivity contribution in [2.45, 2.75) is 60.3 Å². The van der Waals surface area contributed by atoms with Crippen LogP contribution < -0.4 is 0 Å². The number of carbonyl (C=O) groups is 1. The van der Waals surface area contributed by atoms with E-state index >= 15 is 0 Å². The second-order valence-electron chi connectivity index (χ2n) is 4.93. The average Bonchev–Trinajstić information content (AvgIpc) is 2.17. The van der Waals surface area contributed by atoms with Crippen molar-refractivity contribution in [3.8, 4) is 0 Å². The highest BCUT2D eigenvalue weighted by molar-refractivity contribution is 5.65. The molecule has 0 N–H and O–H groups in total. The van der Waals surface area contributed by atoms with Crippen LogP contribution in [0.15, 0.2) is 0 Å². The van der Waals surface area contributed by atoms with E-state index in [0.717, 1.165) is 18.8 Å². The molecule has 0 bridgehead atoms. The van der Waals surface area contributed by atoms with Gasteiger partial charge in [0.15, 0.2) is 0 Å². The number of esters is 1. The van der Waals surface area contributed by atoms with Crippen LogP contribution in [0.3, 0.4) is 0 Å². The van der Waals surface area contributed by atoms with Crippen molar-refractivity contribution in [2.24, 2.45) is 11.3 Å². The summed E-state index contributed by atoms with van der Waals surface area (Å²) in [6, 6.07) is 0. The smallest absolute Gasteiger partial charge is 0.302 e. The normalized spacial score (nSPS) is 13.7. The molecular weight excluding hydrogens is 188 g/mol. The van der Waals surface area contributed by atoms with Crippen molar-refractivity contribution in [2.75, 3.05) is 6.61 Å². The molecule has 0 aromatic carbocycles. The first-order valence-electron chi connectivity index (χ1n) is 6.07. The molecule has 0 heterocycles. The maximum absolute atomic E-state index is 10.6. The molecule has 0 aliphatic heterocycles. The molecule has 0 rings (SSSR count). The van der Waals surface area contributed by atoms with Crippen LogP contribution in [-0.2, 0) is 9.53 Å². The van der Waals surface area contributed by atoms with E-state index in [0.29, 0.717) is 12.0 Å². The van der Waals surface area contributed by atoms with Gasteiger partial charge in [0, 0.05) is 6.92 Å². The number of hydrogen-bond donors (Lipinski definition) is 0. The third-order valence-corrected chi connectivity index (χ3v) is 3.51. The standard InChI is InChI=1S/C13H26O2/c1-6-12(13(4,5)7-2)9-8-10-15-11(3)14/h12H,6-10H2,1-5H3. The van der Waals surface area contributed by atoms with Gasteiger partial charge >= 0.3 is 5.97 Å². The van der Waals surface area contributed by atoms with Crippen LogP contribution in [0, 0.1) is 11.3 Å². The van der Waals surface area contributed by atoms with Gasteiger partial charge in [-0.3, -0.25) is 4.79 Å². The van der Waals surface area contributed by atoms with Gasteiger partial charge in [-0.1, -0.05) is 40.5 Å². The van der Waals surface area contributed by atoms with Crippen molar-refractivity contribution in [1.82, 2.24) is 0 Å². The summed E-state index contributed by atoms with van der Waals surface area (Å²) in [5, 5.41) is 0. The summed E-state index contributed by atoms with van der Waals surface area (Å²) in [5.74, 6) is 0.566. The van der Waals surface area contributed by atoms with Gasteiger partial charge in [-0.05, 0) is 24.2 Å². The van der Waals surface area contributed by atoms with Crippen LogP contribution in [0.5, 0.6) is 0 Å². The number of hydrogen-bond acceptors (Lipinski definition) is 2. The number of rotatable bonds is 7. The maximum atomic E-state index is 10.6. The van der Waals surface area contributed by atoms with Gasteiger partial charge < -0.3 is 4.74 Å². The Hall–Kier alpha value is -0.530. The summed E-state index contributed by atoms with van der Waals surface area (Å²) in [6.07, 6.45) is 4.56. The zero-order chi connectivity index (χ0) is 11.9. The second kappa shape index (κ2) is 6.86. The van der Waals surface area contributed by atoms with Crippen LogP contribution in [0.2, 0.25) is 0 Å². The molecule has 2 heteroatoms. The first kappa shape index (κ1) is 14.5. The van der Waals surface area contributed by atoms with Crippen molar-refractivity contribution < 1.29 is 9.53 Å². The monoisotopic (exact) mass is 214 g/mol. The lowest BCUT2D eigenvalue weighted by Crippen LogP contribution is -2.23. The van der Waals surface area contributed by atoms with Crippen LogP contribution in [0.4, 0.5) is 0 Å². The molecule has 0 saturated heterocycles. The quantitative estimate of drug-likeness (QED) is 0.476. The van der Waals surface area contributed by atoms with Crippen LogP contribution in [0.25, 0.3) is 0 Å². The molecular formula is C13H26O2. The number of ether oxygens (including phenoxy) is 1. The van der Waals surface area contributed by atoms with Gasteiger partial charge in [0.1, 0.15) is 0 Å². The molecule has 0 spiro atoms. The van der Waals surface area contributed by atoms with Crippen molar-refractivity contribution in [3.63, 3.8) is 0 Å². The highest BCUT2D eigenvalue weighted by Crippen LogP contribution is 2.35. The van der Waals surface area contributed by atoms with Gasteiger partial charge in [0.2, 0.25) is 0 Å². The molecule has 0 aliphatic carbocycles. The maximum Gasteiger partial charge on any atom is 0.302 e. The van der Waals surface area contributed by atoms with Gasteiger partial charge in [-0.15, -0.1) is 0 Å². The van der Waals surface area contributed by atoms with E-state index in [-0.39, 0.29) is 5.97 Å². The minimum absolute atomic E-state index is 0.169. The van der Waals surface area contributed by atoms with E-state index in [1.165, 1.54) is 19.8 Å². The third kappa shape index (κ3) is 5.81. The summed E-state index contributed by atoms with van der Waals surface area (Å²) in [7, 11) is 0. The van der Waals surface area contributed by atoms with Crippen LogP contribution in [0.1, 0.15) is 60.3 Å². The highest BCUT2D eigenvalue weighted by Gasteiger charge is 2.25. The fraction of sp³-hybridized carbons (Fsp3) is 0.923. The average molecular weight is 214 g/mol. The Morgan fingerprint density at radius 1 is 1.33 bits per heavy atom. The lowest BCUT2D eigenvalue weighted by molar-refractivity contribution is -0.141. The Kier molecular flexibility index (Phi) is 6.62. The van der Waals surface area contributed by atoms with Gasteiger partial charge in [0.05, 0.1) is 6.61 Å². The first-order valence-corrected chi connectivity index (χ1v) is 6.07. The molecule has 0 amide bonds. The minimum atomic E-state index is -0.169. The SMILES string of the molecule is CCC(CCCOC(C)=O)C(C)(C)CC. The molecule has 1 unspecified atom stereocenters. The van der Waals surface area contributed by atoms with E-state index in [4.69, 9.17) is 4.74 Å². The predicted molar refractivity (Wildman–Crippen MR) is 63.7 cm³/mol. The largest absolute Gasteiger partial charge is 0.466 e. The second-order valence-corrected chi connectivity index (χ2v) is 4.93. The lowest BCUT2D eigenvalue weighted by atomic mass is 9.73. The Labute approximate surface area is 94.4 Å². The zero-order valence-corrected chi connectivity index (χ0v) is 10.9. The third-order valence-electron chi connectivity index (χ3n) is 3.51. The van der Waals surface area contributed by atoms with E-state index in [1.54, 1.807) is 0 Å². The summed E-state index contributed by atoms with van der Waals surface area (Å²) < 4.78 is 4.94. The summed E-state index contributed by atoms with van der Waals surface area (Å²) in [4.78, 5) is 10.6. The molecule has 0 aliphatic rings. The fourth-order valence-electron chi connectivity index (χ4n) is 1.98. The topological polar surface area (TPSA) is 26.3 Å². The van der Waals surface area contributed by atoms with Gasteiger partial charge in [-0.25, -0.2) is 0 Å². The Morgan fingerprint density at radius 3 is 2.33 bits per heavy atom. The van der Waals surface area contributed by atoms with E-state index in [9.17, 15) is 4.79 Å². The predicted octanol–water partition coefficient (Wildman–Crippen LogP) is 3.79. The molecule has 1 atom stereocenters. The summed E-state index contributed by atoms with van der Waals surface area (Å²) in [6.45, 7) is 11.2. The Balaban J connectivity index is 3.85.